The van der Waals surface area contributed by atoms with Gasteiger partial charge < -0.3 is 5.11 Å². The monoisotopic (exact) mass is 177 g/mol. The lowest BCUT2D eigenvalue weighted by molar-refractivity contribution is 0.470. The molecule has 1 aromatic carbocycles. The van der Waals surface area contributed by atoms with Gasteiger partial charge >= 0.3 is 0 Å². The Hall–Kier alpha value is -1.49. The lowest BCUT2D eigenvalue weighted by Gasteiger charge is -2.02. The van der Waals surface area contributed by atoms with Gasteiger partial charge in [0.25, 0.3) is 0 Å². The number of nitriles is 1. The molecule has 0 radical (unpaired) electrons. The van der Waals surface area contributed by atoms with E-state index in [9.17, 15) is 5.11 Å². The van der Waals surface area contributed by atoms with Crippen LogP contribution in [0.4, 0.5) is 0 Å². The van der Waals surface area contributed by atoms with Crippen LogP contribution in [0.25, 0.3) is 0 Å². The number of hydrogen-bond acceptors (Lipinski definition) is 2. The van der Waals surface area contributed by atoms with E-state index in [1.165, 1.54) is 6.07 Å². The summed E-state index contributed by atoms with van der Waals surface area (Å²) in [5.41, 5.74) is 2.29. The minimum Gasteiger partial charge on any atom is -0.508 e. The molecule has 0 aliphatic carbocycles. The highest BCUT2D eigenvalue weighted by molar-refractivity contribution is 5.45. The summed E-state index contributed by atoms with van der Waals surface area (Å²) < 4.78 is 0. The van der Waals surface area contributed by atoms with Crippen LogP contribution in [-0.4, -0.2) is 5.11 Å². The van der Waals surface area contributed by atoms with Crippen LogP contribution in [0.1, 0.15) is 30.5 Å². The number of nitrogens with zero attached hydrogens (tertiary/aromatic N) is 1. The Morgan fingerprint density at radius 2 is 1.77 bits per heavy atom. The van der Waals surface area contributed by atoms with Crippen molar-refractivity contribution in [1.29, 1.82) is 5.26 Å². The van der Waals surface area contributed by atoms with E-state index in [4.69, 9.17) is 5.26 Å². The fourth-order valence-electron chi connectivity index (χ4n) is 0.905. The largest absolute Gasteiger partial charge is 0.508 e. The fourth-order valence-corrected chi connectivity index (χ4v) is 0.905. The zero-order chi connectivity index (χ0) is 10.4. The molecule has 0 amide bonds. The Kier molecular flexibility index (Phi) is 4.61. The van der Waals surface area contributed by atoms with Gasteiger partial charge in [-0.2, -0.15) is 5.26 Å². The molecular formula is C11H15NO. The molecule has 0 saturated heterocycles. The fraction of sp³-hybridized carbons (Fsp3) is 0.364. The molecule has 0 bridgehead atoms. The van der Waals surface area contributed by atoms with Crippen molar-refractivity contribution >= 4 is 0 Å². The number of aromatic hydroxyl groups is 1. The zero-order valence-corrected chi connectivity index (χ0v) is 8.55. The molecule has 2 heteroatoms. The maximum Gasteiger partial charge on any atom is 0.120 e. The van der Waals surface area contributed by atoms with Gasteiger partial charge in [0.2, 0.25) is 0 Å². The average Bonchev–Trinajstić information content (AvgIpc) is 2.16. The molecule has 0 aromatic heterocycles. The molecule has 2 nitrogen and oxygen atoms in total. The SMILES string of the molecule is CC.Cc1cc(C#N)cc(O)c1C. The maximum absolute atomic E-state index is 9.26. The summed E-state index contributed by atoms with van der Waals surface area (Å²) in [6.45, 7) is 7.70. The van der Waals surface area contributed by atoms with Crippen LogP contribution in [0, 0.1) is 25.2 Å². The van der Waals surface area contributed by atoms with E-state index < -0.39 is 0 Å². The second-order valence-corrected chi connectivity index (χ2v) is 2.55. The van der Waals surface area contributed by atoms with Crippen molar-refractivity contribution in [3.63, 3.8) is 0 Å². The van der Waals surface area contributed by atoms with Crippen molar-refractivity contribution < 1.29 is 5.11 Å². The third kappa shape index (κ3) is 2.79. The van der Waals surface area contributed by atoms with Gasteiger partial charge in [0.1, 0.15) is 5.75 Å². The maximum atomic E-state index is 9.26. The van der Waals surface area contributed by atoms with Gasteiger partial charge in [0.05, 0.1) is 11.6 Å². The molecule has 0 saturated carbocycles. The van der Waals surface area contributed by atoms with Crippen LogP contribution in [0.5, 0.6) is 5.75 Å². The average molecular weight is 177 g/mol. The van der Waals surface area contributed by atoms with E-state index in [0.717, 1.165) is 11.1 Å². The van der Waals surface area contributed by atoms with Gasteiger partial charge in [-0.3, -0.25) is 0 Å². The summed E-state index contributed by atoms with van der Waals surface area (Å²) in [5, 5.41) is 17.8. The van der Waals surface area contributed by atoms with Crippen LogP contribution < -0.4 is 0 Å². The Bertz CT molecular complexity index is 300. The molecule has 70 valence electrons. The van der Waals surface area contributed by atoms with E-state index in [1.54, 1.807) is 6.07 Å². The number of rotatable bonds is 0. The van der Waals surface area contributed by atoms with Crippen molar-refractivity contribution in [3.05, 3.63) is 28.8 Å². The number of phenols is 1. The first kappa shape index (κ1) is 11.5. The van der Waals surface area contributed by atoms with Crippen LogP contribution in [0.2, 0.25) is 0 Å². The van der Waals surface area contributed by atoms with Gasteiger partial charge in [-0.1, -0.05) is 13.8 Å². The van der Waals surface area contributed by atoms with Gasteiger partial charge in [-0.05, 0) is 37.1 Å². The van der Waals surface area contributed by atoms with Crippen LogP contribution in [0.3, 0.4) is 0 Å². The molecule has 0 unspecified atom stereocenters. The molecule has 0 aliphatic rings. The molecule has 1 rings (SSSR count). The van der Waals surface area contributed by atoms with Crippen molar-refractivity contribution in [2.24, 2.45) is 0 Å². The smallest absolute Gasteiger partial charge is 0.120 e. The zero-order valence-electron chi connectivity index (χ0n) is 8.55. The highest BCUT2D eigenvalue weighted by Gasteiger charge is 2.01. The molecule has 1 aromatic rings. The van der Waals surface area contributed by atoms with E-state index in [0.29, 0.717) is 5.56 Å². The molecule has 0 aliphatic heterocycles. The second-order valence-electron chi connectivity index (χ2n) is 2.55. The Labute approximate surface area is 79.4 Å². The van der Waals surface area contributed by atoms with Crippen LogP contribution in [0.15, 0.2) is 12.1 Å². The van der Waals surface area contributed by atoms with E-state index in [1.807, 2.05) is 33.8 Å². The molecule has 0 heterocycles. The lowest BCUT2D eigenvalue weighted by Crippen LogP contribution is -1.83. The summed E-state index contributed by atoms with van der Waals surface area (Å²) in [7, 11) is 0. The summed E-state index contributed by atoms with van der Waals surface area (Å²) in [4.78, 5) is 0. The first-order valence-electron chi connectivity index (χ1n) is 4.35. The highest BCUT2D eigenvalue weighted by Crippen LogP contribution is 2.21. The summed E-state index contributed by atoms with van der Waals surface area (Å²) in [5.74, 6) is 0.196. The van der Waals surface area contributed by atoms with Crippen molar-refractivity contribution in [3.8, 4) is 11.8 Å². The van der Waals surface area contributed by atoms with Gasteiger partial charge in [-0.15, -0.1) is 0 Å². The third-order valence-electron chi connectivity index (χ3n) is 1.77. The predicted molar refractivity (Wildman–Crippen MR) is 53.6 cm³/mol. The van der Waals surface area contributed by atoms with Crippen LogP contribution in [-0.2, 0) is 0 Å². The Morgan fingerprint density at radius 1 is 1.23 bits per heavy atom. The third-order valence-corrected chi connectivity index (χ3v) is 1.77. The molecule has 1 N–H and O–H groups in total. The second kappa shape index (κ2) is 5.21. The van der Waals surface area contributed by atoms with Gasteiger partial charge in [0.15, 0.2) is 0 Å². The topological polar surface area (TPSA) is 44.0 Å². The highest BCUT2D eigenvalue weighted by atomic mass is 16.3. The normalized spacial score (nSPS) is 8.23. The standard InChI is InChI=1S/C9H9NO.C2H6/c1-6-3-8(5-10)4-9(11)7(6)2;1-2/h3-4,11H,1-2H3;1-2H3. The number of benzene rings is 1. The van der Waals surface area contributed by atoms with Crippen LogP contribution >= 0.6 is 0 Å². The first-order chi connectivity index (χ1) is 6.15. The number of phenolic OH excluding ortho intramolecular Hbond substituents is 1. The minimum atomic E-state index is 0.196. The van der Waals surface area contributed by atoms with E-state index in [-0.39, 0.29) is 5.75 Å². The summed E-state index contributed by atoms with van der Waals surface area (Å²) in [6, 6.07) is 5.21. The first-order valence-corrected chi connectivity index (χ1v) is 4.35. The Balaban J connectivity index is 0.000000671. The summed E-state index contributed by atoms with van der Waals surface area (Å²) in [6.07, 6.45) is 0. The Morgan fingerprint density at radius 3 is 2.15 bits per heavy atom. The quantitative estimate of drug-likeness (QED) is 0.662. The molecule has 13 heavy (non-hydrogen) atoms. The van der Waals surface area contributed by atoms with Gasteiger partial charge in [-0.25, -0.2) is 0 Å². The van der Waals surface area contributed by atoms with Crippen molar-refractivity contribution in [2.75, 3.05) is 0 Å². The lowest BCUT2D eigenvalue weighted by atomic mass is 10.1. The molecule has 0 atom stereocenters. The molecule has 0 spiro atoms. The van der Waals surface area contributed by atoms with Crippen molar-refractivity contribution in [1.82, 2.24) is 0 Å². The number of hydrogen-bond donors (Lipinski definition) is 1. The summed E-state index contributed by atoms with van der Waals surface area (Å²) >= 11 is 0. The predicted octanol–water partition coefficient (Wildman–Crippen LogP) is 2.91. The van der Waals surface area contributed by atoms with Gasteiger partial charge in [0, 0.05) is 0 Å². The van der Waals surface area contributed by atoms with E-state index >= 15 is 0 Å². The minimum absolute atomic E-state index is 0.196. The molecule has 0 fully saturated rings. The van der Waals surface area contributed by atoms with E-state index in [2.05, 4.69) is 0 Å². The van der Waals surface area contributed by atoms with Crippen molar-refractivity contribution in [2.45, 2.75) is 27.7 Å². The molecular weight excluding hydrogens is 162 g/mol. The number of aryl methyl sites for hydroxylation is 1.